The van der Waals surface area contributed by atoms with Gasteiger partial charge in [-0.3, -0.25) is 4.98 Å². The molecule has 0 fully saturated rings. The van der Waals surface area contributed by atoms with Crippen LogP contribution in [-0.4, -0.2) is 18.7 Å². The highest BCUT2D eigenvalue weighted by atomic mass is 16.5. The lowest BCUT2D eigenvalue weighted by atomic mass is 10.1. The SMILES string of the molecule is COCCc1ccccc1NCc1cnccc1C. The predicted molar refractivity (Wildman–Crippen MR) is 78.3 cm³/mol. The first-order valence-electron chi connectivity index (χ1n) is 6.51. The second-order valence-corrected chi connectivity index (χ2v) is 4.56. The summed E-state index contributed by atoms with van der Waals surface area (Å²) in [7, 11) is 1.73. The van der Waals surface area contributed by atoms with E-state index < -0.39 is 0 Å². The van der Waals surface area contributed by atoms with Crippen LogP contribution in [0.15, 0.2) is 42.7 Å². The van der Waals surface area contributed by atoms with E-state index in [1.807, 2.05) is 18.5 Å². The van der Waals surface area contributed by atoms with Gasteiger partial charge in [0.25, 0.3) is 0 Å². The zero-order chi connectivity index (χ0) is 13.5. The molecule has 3 nitrogen and oxygen atoms in total. The molecule has 0 aliphatic rings. The van der Waals surface area contributed by atoms with E-state index in [0.29, 0.717) is 0 Å². The molecule has 100 valence electrons. The number of hydrogen-bond donors (Lipinski definition) is 1. The summed E-state index contributed by atoms with van der Waals surface area (Å²) < 4.78 is 5.14. The Morgan fingerprint density at radius 2 is 2.00 bits per heavy atom. The Bertz CT molecular complexity index is 526. The number of benzene rings is 1. The molecule has 1 aromatic heterocycles. The second-order valence-electron chi connectivity index (χ2n) is 4.56. The summed E-state index contributed by atoms with van der Waals surface area (Å²) in [5, 5.41) is 3.48. The first kappa shape index (κ1) is 13.6. The van der Waals surface area contributed by atoms with Gasteiger partial charge in [0.05, 0.1) is 6.61 Å². The standard InChI is InChI=1S/C16H20N2O/c1-13-7-9-17-11-15(13)12-18-16-6-4-3-5-14(16)8-10-19-2/h3-7,9,11,18H,8,10,12H2,1-2H3. The minimum absolute atomic E-state index is 0.741. The summed E-state index contributed by atoms with van der Waals surface area (Å²) >= 11 is 0. The van der Waals surface area contributed by atoms with Crippen LogP contribution in [0.1, 0.15) is 16.7 Å². The molecule has 2 aromatic rings. The topological polar surface area (TPSA) is 34.1 Å². The van der Waals surface area contributed by atoms with Crippen LogP contribution in [0.4, 0.5) is 5.69 Å². The molecule has 0 aliphatic heterocycles. The van der Waals surface area contributed by atoms with E-state index in [1.165, 1.54) is 22.4 Å². The molecule has 0 unspecified atom stereocenters. The largest absolute Gasteiger partial charge is 0.384 e. The van der Waals surface area contributed by atoms with Crippen molar-refractivity contribution in [3.63, 3.8) is 0 Å². The van der Waals surface area contributed by atoms with E-state index in [4.69, 9.17) is 4.74 Å². The number of para-hydroxylation sites is 1. The molecule has 0 amide bonds. The molecule has 0 spiro atoms. The van der Waals surface area contributed by atoms with Crippen molar-refractivity contribution in [1.29, 1.82) is 0 Å². The maximum absolute atomic E-state index is 5.14. The van der Waals surface area contributed by atoms with Gasteiger partial charge >= 0.3 is 0 Å². The van der Waals surface area contributed by atoms with Crippen LogP contribution in [0.5, 0.6) is 0 Å². The summed E-state index contributed by atoms with van der Waals surface area (Å²) in [6, 6.07) is 10.4. The Balaban J connectivity index is 2.05. The van der Waals surface area contributed by atoms with Crippen LogP contribution < -0.4 is 5.32 Å². The van der Waals surface area contributed by atoms with Crippen LogP contribution in [0, 0.1) is 6.92 Å². The Labute approximate surface area is 114 Å². The van der Waals surface area contributed by atoms with Gasteiger partial charge in [-0.15, -0.1) is 0 Å². The number of pyridine rings is 1. The smallest absolute Gasteiger partial charge is 0.0503 e. The van der Waals surface area contributed by atoms with Gasteiger partial charge in [0, 0.05) is 31.7 Å². The highest BCUT2D eigenvalue weighted by molar-refractivity contribution is 5.51. The normalized spacial score (nSPS) is 10.4. The molecule has 0 aliphatic carbocycles. The molecular weight excluding hydrogens is 236 g/mol. The number of nitrogens with one attached hydrogen (secondary N) is 1. The Hall–Kier alpha value is -1.87. The first-order valence-corrected chi connectivity index (χ1v) is 6.51. The van der Waals surface area contributed by atoms with Gasteiger partial charge in [-0.05, 0) is 42.2 Å². The zero-order valence-corrected chi connectivity index (χ0v) is 11.5. The lowest BCUT2D eigenvalue weighted by molar-refractivity contribution is 0.202. The molecule has 1 aromatic carbocycles. The van der Waals surface area contributed by atoms with E-state index in [0.717, 1.165) is 19.6 Å². The zero-order valence-electron chi connectivity index (χ0n) is 11.5. The summed E-state index contributed by atoms with van der Waals surface area (Å²) in [4.78, 5) is 4.17. The van der Waals surface area contributed by atoms with Gasteiger partial charge < -0.3 is 10.1 Å². The highest BCUT2D eigenvalue weighted by Crippen LogP contribution is 2.17. The van der Waals surface area contributed by atoms with Crippen molar-refractivity contribution >= 4 is 5.69 Å². The minimum atomic E-state index is 0.741. The van der Waals surface area contributed by atoms with Crippen molar-refractivity contribution in [1.82, 2.24) is 4.98 Å². The number of rotatable bonds is 6. The van der Waals surface area contributed by atoms with Gasteiger partial charge in [-0.2, -0.15) is 0 Å². The fourth-order valence-electron chi connectivity index (χ4n) is 1.99. The predicted octanol–water partition coefficient (Wildman–Crippen LogP) is 3.19. The quantitative estimate of drug-likeness (QED) is 0.862. The average molecular weight is 256 g/mol. The number of ether oxygens (including phenoxy) is 1. The Morgan fingerprint density at radius 1 is 1.16 bits per heavy atom. The Morgan fingerprint density at radius 3 is 2.79 bits per heavy atom. The van der Waals surface area contributed by atoms with Crippen molar-refractivity contribution in [2.24, 2.45) is 0 Å². The number of anilines is 1. The third kappa shape index (κ3) is 3.80. The van der Waals surface area contributed by atoms with E-state index in [9.17, 15) is 0 Å². The number of aromatic nitrogens is 1. The van der Waals surface area contributed by atoms with E-state index >= 15 is 0 Å². The average Bonchev–Trinajstić information content (AvgIpc) is 2.45. The molecule has 1 N–H and O–H groups in total. The summed E-state index contributed by atoms with van der Waals surface area (Å²) in [6.07, 6.45) is 4.66. The lowest BCUT2D eigenvalue weighted by Crippen LogP contribution is -2.05. The van der Waals surface area contributed by atoms with Gasteiger partial charge in [0.2, 0.25) is 0 Å². The van der Waals surface area contributed by atoms with E-state index in [1.54, 1.807) is 7.11 Å². The van der Waals surface area contributed by atoms with Crippen molar-refractivity contribution in [3.05, 3.63) is 59.4 Å². The number of hydrogen-bond acceptors (Lipinski definition) is 3. The molecule has 0 saturated heterocycles. The highest BCUT2D eigenvalue weighted by Gasteiger charge is 2.02. The first-order chi connectivity index (χ1) is 9.31. The molecule has 0 bridgehead atoms. The fourth-order valence-corrected chi connectivity index (χ4v) is 1.99. The van der Waals surface area contributed by atoms with Crippen molar-refractivity contribution in [2.45, 2.75) is 19.9 Å². The lowest BCUT2D eigenvalue weighted by Gasteiger charge is -2.12. The van der Waals surface area contributed by atoms with Crippen LogP contribution in [0.2, 0.25) is 0 Å². The van der Waals surface area contributed by atoms with E-state index in [-0.39, 0.29) is 0 Å². The number of aryl methyl sites for hydroxylation is 1. The molecule has 3 heteroatoms. The Kier molecular flexibility index (Phi) is 4.93. The van der Waals surface area contributed by atoms with Crippen molar-refractivity contribution in [2.75, 3.05) is 19.0 Å². The van der Waals surface area contributed by atoms with Gasteiger partial charge in [-0.25, -0.2) is 0 Å². The van der Waals surface area contributed by atoms with Gasteiger partial charge in [0.1, 0.15) is 0 Å². The minimum Gasteiger partial charge on any atom is -0.384 e. The molecule has 0 radical (unpaired) electrons. The van der Waals surface area contributed by atoms with E-state index in [2.05, 4.69) is 41.5 Å². The molecule has 0 saturated carbocycles. The molecule has 19 heavy (non-hydrogen) atoms. The van der Waals surface area contributed by atoms with Crippen LogP contribution in [0.3, 0.4) is 0 Å². The number of methoxy groups -OCH3 is 1. The fraction of sp³-hybridized carbons (Fsp3) is 0.312. The maximum atomic E-state index is 5.14. The van der Waals surface area contributed by atoms with Crippen LogP contribution in [0.25, 0.3) is 0 Å². The third-order valence-corrected chi connectivity index (χ3v) is 3.21. The van der Waals surface area contributed by atoms with Crippen LogP contribution in [-0.2, 0) is 17.7 Å². The van der Waals surface area contributed by atoms with Crippen molar-refractivity contribution < 1.29 is 4.74 Å². The third-order valence-electron chi connectivity index (χ3n) is 3.21. The molecular formula is C16H20N2O. The second kappa shape index (κ2) is 6.90. The van der Waals surface area contributed by atoms with Crippen LogP contribution >= 0.6 is 0 Å². The molecule has 2 rings (SSSR count). The molecule has 1 heterocycles. The van der Waals surface area contributed by atoms with Gasteiger partial charge in [0.15, 0.2) is 0 Å². The van der Waals surface area contributed by atoms with Gasteiger partial charge in [-0.1, -0.05) is 18.2 Å². The monoisotopic (exact) mass is 256 g/mol. The number of nitrogens with zero attached hydrogens (tertiary/aromatic N) is 1. The van der Waals surface area contributed by atoms with Crippen molar-refractivity contribution in [3.8, 4) is 0 Å². The summed E-state index contributed by atoms with van der Waals surface area (Å²) in [5.41, 5.74) is 4.94. The molecule has 0 atom stereocenters. The maximum Gasteiger partial charge on any atom is 0.0503 e. The summed E-state index contributed by atoms with van der Waals surface area (Å²) in [6.45, 7) is 3.64. The summed E-state index contributed by atoms with van der Waals surface area (Å²) in [5.74, 6) is 0.